The van der Waals surface area contributed by atoms with E-state index in [0.29, 0.717) is 5.92 Å². The largest absolute Gasteiger partial charge is 0.0776 e. The van der Waals surface area contributed by atoms with Crippen LogP contribution in [0.4, 0.5) is 0 Å². The Labute approximate surface area is 99.0 Å². The van der Waals surface area contributed by atoms with Crippen LogP contribution in [0.1, 0.15) is 32.8 Å². The summed E-state index contributed by atoms with van der Waals surface area (Å²) in [6, 6.07) is 19.3. The first-order valence-electron chi connectivity index (χ1n) is 5.43. The average Bonchev–Trinajstić information content (AvgIpc) is 2.30. The van der Waals surface area contributed by atoms with E-state index in [4.69, 9.17) is 0 Å². The standard InChI is InChI=1S/C15H16.CH4/c1-12(2)13-8-10-15(11-9-13)14-6-4-3-5-7-14;/h3-12H,1-2H3;1H4. The molecule has 2 rings (SSSR count). The summed E-state index contributed by atoms with van der Waals surface area (Å²) in [5, 5.41) is 0. The summed E-state index contributed by atoms with van der Waals surface area (Å²) in [7, 11) is 0. The van der Waals surface area contributed by atoms with E-state index in [1.54, 1.807) is 0 Å². The molecule has 0 aliphatic carbocycles. The second-order valence-electron chi connectivity index (χ2n) is 4.14. The molecule has 0 saturated heterocycles. The highest BCUT2D eigenvalue weighted by atomic mass is 14.0. The van der Waals surface area contributed by atoms with Crippen molar-refractivity contribution in [1.82, 2.24) is 0 Å². The fourth-order valence-corrected chi connectivity index (χ4v) is 1.69. The first kappa shape index (κ1) is 12.5. The van der Waals surface area contributed by atoms with Gasteiger partial charge in [0.1, 0.15) is 0 Å². The van der Waals surface area contributed by atoms with E-state index in [-0.39, 0.29) is 7.43 Å². The third kappa shape index (κ3) is 2.73. The van der Waals surface area contributed by atoms with Crippen LogP contribution in [0, 0.1) is 0 Å². The molecule has 2 aromatic rings. The minimum Gasteiger partial charge on any atom is -0.0776 e. The van der Waals surface area contributed by atoms with Crippen LogP contribution >= 0.6 is 0 Å². The molecule has 84 valence electrons. The third-order valence-electron chi connectivity index (χ3n) is 2.68. The maximum absolute atomic E-state index is 2.22. The summed E-state index contributed by atoms with van der Waals surface area (Å²) in [5.74, 6) is 0.606. The molecule has 0 aromatic heterocycles. The summed E-state index contributed by atoms with van der Waals surface area (Å²) < 4.78 is 0. The Hall–Kier alpha value is -1.56. The summed E-state index contributed by atoms with van der Waals surface area (Å²) in [6.07, 6.45) is 0. The van der Waals surface area contributed by atoms with Gasteiger partial charge < -0.3 is 0 Å². The predicted octanol–water partition coefficient (Wildman–Crippen LogP) is 5.11. The third-order valence-corrected chi connectivity index (χ3v) is 2.68. The smallest absolute Gasteiger partial charge is 0.0184 e. The van der Waals surface area contributed by atoms with E-state index < -0.39 is 0 Å². The van der Waals surface area contributed by atoms with Crippen LogP contribution in [-0.4, -0.2) is 0 Å². The van der Waals surface area contributed by atoms with Gasteiger partial charge in [0.05, 0.1) is 0 Å². The molecule has 0 spiro atoms. The van der Waals surface area contributed by atoms with Crippen LogP contribution in [0.3, 0.4) is 0 Å². The van der Waals surface area contributed by atoms with Gasteiger partial charge >= 0.3 is 0 Å². The topological polar surface area (TPSA) is 0 Å². The zero-order valence-corrected chi connectivity index (χ0v) is 9.27. The van der Waals surface area contributed by atoms with Crippen molar-refractivity contribution in [2.45, 2.75) is 27.2 Å². The van der Waals surface area contributed by atoms with E-state index in [9.17, 15) is 0 Å². The SMILES string of the molecule is C.CC(C)c1ccc(-c2ccccc2)cc1. The predicted molar refractivity (Wildman–Crippen MR) is 72.7 cm³/mol. The molecular weight excluding hydrogens is 192 g/mol. The van der Waals surface area contributed by atoms with Crippen LogP contribution in [-0.2, 0) is 0 Å². The highest BCUT2D eigenvalue weighted by molar-refractivity contribution is 5.63. The number of rotatable bonds is 2. The van der Waals surface area contributed by atoms with Gasteiger partial charge in [-0.1, -0.05) is 75.9 Å². The molecular formula is C16H20. The van der Waals surface area contributed by atoms with Crippen LogP contribution in [0.25, 0.3) is 11.1 Å². The van der Waals surface area contributed by atoms with Crippen molar-refractivity contribution in [3.63, 3.8) is 0 Å². The summed E-state index contributed by atoms with van der Waals surface area (Å²) in [5.41, 5.74) is 3.97. The van der Waals surface area contributed by atoms with Crippen LogP contribution in [0.5, 0.6) is 0 Å². The van der Waals surface area contributed by atoms with Gasteiger partial charge in [-0.2, -0.15) is 0 Å². The summed E-state index contributed by atoms with van der Waals surface area (Å²) in [6.45, 7) is 4.44. The Morgan fingerprint density at radius 2 is 1.19 bits per heavy atom. The van der Waals surface area contributed by atoms with Gasteiger partial charge in [-0.25, -0.2) is 0 Å². The highest BCUT2D eigenvalue weighted by Crippen LogP contribution is 2.22. The minimum absolute atomic E-state index is 0. The Bertz CT molecular complexity index is 410. The summed E-state index contributed by atoms with van der Waals surface area (Å²) >= 11 is 0. The first-order chi connectivity index (χ1) is 7.27. The fraction of sp³-hybridized carbons (Fsp3) is 0.250. The van der Waals surface area contributed by atoms with E-state index in [0.717, 1.165) is 0 Å². The second kappa shape index (κ2) is 5.50. The Morgan fingerprint density at radius 1 is 0.688 bits per heavy atom. The fourth-order valence-electron chi connectivity index (χ4n) is 1.69. The number of hydrogen-bond acceptors (Lipinski definition) is 0. The minimum atomic E-state index is 0. The molecule has 0 amide bonds. The van der Waals surface area contributed by atoms with Crippen molar-refractivity contribution in [1.29, 1.82) is 0 Å². The molecule has 0 atom stereocenters. The number of benzene rings is 2. The first-order valence-corrected chi connectivity index (χ1v) is 5.43. The van der Waals surface area contributed by atoms with Crippen LogP contribution in [0.2, 0.25) is 0 Å². The zero-order valence-electron chi connectivity index (χ0n) is 9.27. The normalized spacial score (nSPS) is 9.94. The summed E-state index contributed by atoms with van der Waals surface area (Å²) in [4.78, 5) is 0. The monoisotopic (exact) mass is 212 g/mol. The van der Waals surface area contributed by atoms with Gasteiger partial charge in [0.25, 0.3) is 0 Å². The van der Waals surface area contributed by atoms with Crippen molar-refractivity contribution >= 4 is 0 Å². The molecule has 0 aliphatic rings. The van der Waals surface area contributed by atoms with Gasteiger partial charge in [0.2, 0.25) is 0 Å². The lowest BCUT2D eigenvalue weighted by molar-refractivity contribution is 0.867. The van der Waals surface area contributed by atoms with Gasteiger partial charge in [0.15, 0.2) is 0 Å². The van der Waals surface area contributed by atoms with Crippen molar-refractivity contribution in [2.75, 3.05) is 0 Å². The van der Waals surface area contributed by atoms with Crippen molar-refractivity contribution in [2.24, 2.45) is 0 Å². The highest BCUT2D eigenvalue weighted by Gasteiger charge is 1.99. The molecule has 0 aliphatic heterocycles. The Morgan fingerprint density at radius 3 is 1.69 bits per heavy atom. The molecule has 0 N–H and O–H groups in total. The van der Waals surface area contributed by atoms with Crippen LogP contribution in [0.15, 0.2) is 54.6 Å². The Kier molecular flexibility index (Phi) is 4.30. The lowest BCUT2D eigenvalue weighted by Crippen LogP contribution is -1.86. The van der Waals surface area contributed by atoms with Crippen molar-refractivity contribution in [3.8, 4) is 11.1 Å². The van der Waals surface area contributed by atoms with E-state index >= 15 is 0 Å². The molecule has 0 saturated carbocycles. The lowest BCUT2D eigenvalue weighted by Gasteiger charge is -2.06. The zero-order chi connectivity index (χ0) is 10.7. The van der Waals surface area contributed by atoms with Crippen molar-refractivity contribution < 1.29 is 0 Å². The molecule has 0 heterocycles. The molecule has 16 heavy (non-hydrogen) atoms. The molecule has 0 nitrogen and oxygen atoms in total. The van der Waals surface area contributed by atoms with E-state index in [1.807, 2.05) is 6.07 Å². The molecule has 0 unspecified atom stereocenters. The van der Waals surface area contributed by atoms with Crippen molar-refractivity contribution in [3.05, 3.63) is 60.2 Å². The Balaban J connectivity index is 0.00000128. The molecule has 0 heteroatoms. The second-order valence-corrected chi connectivity index (χ2v) is 4.14. The lowest BCUT2D eigenvalue weighted by atomic mass is 9.99. The maximum atomic E-state index is 2.22. The van der Waals surface area contributed by atoms with Gasteiger partial charge in [-0.05, 0) is 22.6 Å². The molecule has 2 aromatic carbocycles. The van der Waals surface area contributed by atoms with E-state index in [1.165, 1.54) is 16.7 Å². The quantitative estimate of drug-likeness (QED) is 0.648. The van der Waals surface area contributed by atoms with E-state index in [2.05, 4.69) is 62.4 Å². The number of hydrogen-bond donors (Lipinski definition) is 0. The van der Waals surface area contributed by atoms with Gasteiger partial charge in [-0.3, -0.25) is 0 Å². The maximum Gasteiger partial charge on any atom is -0.0184 e. The molecule has 0 bridgehead atoms. The van der Waals surface area contributed by atoms with Crippen LogP contribution < -0.4 is 0 Å². The molecule has 0 fully saturated rings. The average molecular weight is 212 g/mol. The molecule has 0 radical (unpaired) electrons. The van der Waals surface area contributed by atoms with Gasteiger partial charge in [-0.15, -0.1) is 0 Å². The van der Waals surface area contributed by atoms with Gasteiger partial charge in [0, 0.05) is 0 Å².